The molecular formula is C23H23BrN2O2S. The summed E-state index contributed by atoms with van der Waals surface area (Å²) in [6.45, 7) is 2.04. The van der Waals surface area contributed by atoms with Crippen LogP contribution < -0.4 is 10.1 Å². The zero-order valence-corrected chi connectivity index (χ0v) is 18.7. The molecule has 2 aromatic carbocycles. The molecule has 6 heteroatoms. The Hall–Kier alpha value is -2.18. The van der Waals surface area contributed by atoms with E-state index >= 15 is 0 Å². The van der Waals surface area contributed by atoms with Gasteiger partial charge in [-0.15, -0.1) is 11.3 Å². The molecule has 4 nitrogen and oxygen atoms in total. The molecule has 0 aliphatic heterocycles. The number of hydrogen-bond donors (Lipinski definition) is 1. The van der Waals surface area contributed by atoms with Gasteiger partial charge < -0.3 is 4.74 Å². The van der Waals surface area contributed by atoms with E-state index in [9.17, 15) is 4.79 Å². The lowest BCUT2D eigenvalue weighted by Gasteiger charge is -2.16. The Balaban J connectivity index is 1.37. The molecule has 0 fully saturated rings. The molecule has 1 aliphatic rings. The van der Waals surface area contributed by atoms with Gasteiger partial charge >= 0.3 is 0 Å². The van der Waals surface area contributed by atoms with E-state index < -0.39 is 0 Å². The molecule has 150 valence electrons. The van der Waals surface area contributed by atoms with Crippen LogP contribution in [0.2, 0.25) is 0 Å². The number of thiazole rings is 1. The fourth-order valence-corrected chi connectivity index (χ4v) is 4.81. The fraction of sp³-hybridized carbons (Fsp3) is 0.304. The lowest BCUT2D eigenvalue weighted by Crippen LogP contribution is -2.20. The highest BCUT2D eigenvalue weighted by Gasteiger charge is 2.13. The molecule has 1 amide bonds. The van der Waals surface area contributed by atoms with Gasteiger partial charge in [-0.25, -0.2) is 4.98 Å². The van der Waals surface area contributed by atoms with Crippen LogP contribution in [0, 0.1) is 0 Å². The van der Waals surface area contributed by atoms with Crippen molar-refractivity contribution in [2.75, 3.05) is 11.9 Å². The summed E-state index contributed by atoms with van der Waals surface area (Å²) in [5, 5.41) is 5.41. The number of nitrogens with one attached hydrogen (secondary N) is 1. The second kappa shape index (κ2) is 9.09. The standard InChI is InChI=1S/C23H23BrN2O2S/c1-2-15-7-10-21(19(24)11-15)28-13-22(27)26-23-25-20(14-29-23)18-9-8-16-5-3-4-6-17(16)12-18/h7-12,14H,2-6,13H2,1H3,(H,25,26,27). The minimum absolute atomic E-state index is 0.0577. The maximum Gasteiger partial charge on any atom is 0.264 e. The van der Waals surface area contributed by atoms with E-state index in [1.165, 1.54) is 47.3 Å². The molecule has 0 saturated heterocycles. The second-order valence-corrected chi connectivity index (χ2v) is 8.90. The zero-order valence-electron chi connectivity index (χ0n) is 16.3. The van der Waals surface area contributed by atoms with Crippen LogP contribution in [-0.2, 0) is 24.1 Å². The first-order chi connectivity index (χ1) is 14.1. The van der Waals surface area contributed by atoms with Gasteiger partial charge in [0.15, 0.2) is 11.7 Å². The van der Waals surface area contributed by atoms with Crippen molar-refractivity contribution in [3.63, 3.8) is 0 Å². The molecule has 1 heterocycles. The van der Waals surface area contributed by atoms with Crippen LogP contribution in [-0.4, -0.2) is 17.5 Å². The monoisotopic (exact) mass is 470 g/mol. The number of anilines is 1. The maximum atomic E-state index is 12.3. The number of rotatable bonds is 6. The van der Waals surface area contributed by atoms with Crippen LogP contribution in [0.4, 0.5) is 5.13 Å². The molecule has 1 aliphatic carbocycles. The predicted molar refractivity (Wildman–Crippen MR) is 122 cm³/mol. The van der Waals surface area contributed by atoms with Gasteiger partial charge in [-0.1, -0.05) is 25.1 Å². The minimum Gasteiger partial charge on any atom is -0.483 e. The number of fused-ring (bicyclic) bond motifs is 1. The summed E-state index contributed by atoms with van der Waals surface area (Å²) in [7, 11) is 0. The van der Waals surface area contributed by atoms with Gasteiger partial charge in [0.2, 0.25) is 0 Å². The van der Waals surface area contributed by atoms with Crippen molar-refractivity contribution < 1.29 is 9.53 Å². The van der Waals surface area contributed by atoms with Gasteiger partial charge in [-0.3, -0.25) is 10.1 Å². The number of nitrogens with zero attached hydrogens (tertiary/aromatic N) is 1. The summed E-state index contributed by atoms with van der Waals surface area (Å²) >= 11 is 4.93. The minimum atomic E-state index is -0.220. The number of benzene rings is 2. The molecule has 0 radical (unpaired) electrons. The molecule has 0 spiro atoms. The second-order valence-electron chi connectivity index (χ2n) is 7.18. The summed E-state index contributed by atoms with van der Waals surface area (Å²) in [6.07, 6.45) is 5.80. The number of aryl methyl sites for hydroxylation is 3. The summed E-state index contributed by atoms with van der Waals surface area (Å²) in [5.74, 6) is 0.439. The number of amides is 1. The van der Waals surface area contributed by atoms with Gasteiger partial charge in [-0.05, 0) is 82.9 Å². The molecular weight excluding hydrogens is 448 g/mol. The van der Waals surface area contributed by atoms with Crippen molar-refractivity contribution in [2.24, 2.45) is 0 Å². The van der Waals surface area contributed by atoms with E-state index in [4.69, 9.17) is 4.74 Å². The van der Waals surface area contributed by atoms with Crippen molar-refractivity contribution in [3.8, 4) is 17.0 Å². The lowest BCUT2D eigenvalue weighted by molar-refractivity contribution is -0.118. The average molecular weight is 471 g/mol. The SMILES string of the molecule is CCc1ccc(OCC(=O)Nc2nc(-c3ccc4c(c3)CCCC4)cs2)c(Br)c1. The molecule has 0 bridgehead atoms. The van der Waals surface area contributed by atoms with Crippen LogP contribution in [0.25, 0.3) is 11.3 Å². The van der Waals surface area contributed by atoms with Crippen LogP contribution in [0.15, 0.2) is 46.3 Å². The van der Waals surface area contributed by atoms with Gasteiger partial charge in [-0.2, -0.15) is 0 Å². The highest BCUT2D eigenvalue weighted by atomic mass is 79.9. The zero-order chi connectivity index (χ0) is 20.2. The Bertz CT molecular complexity index is 1030. The normalized spacial score (nSPS) is 13.0. The first-order valence-corrected chi connectivity index (χ1v) is 11.6. The topological polar surface area (TPSA) is 51.2 Å². The van der Waals surface area contributed by atoms with Crippen molar-refractivity contribution in [1.82, 2.24) is 4.98 Å². The highest BCUT2D eigenvalue weighted by molar-refractivity contribution is 9.10. The summed E-state index contributed by atoms with van der Waals surface area (Å²) in [6, 6.07) is 12.5. The number of ether oxygens (including phenoxy) is 1. The number of hydrogen-bond acceptors (Lipinski definition) is 4. The van der Waals surface area contributed by atoms with E-state index in [-0.39, 0.29) is 12.5 Å². The molecule has 4 rings (SSSR count). The third kappa shape index (κ3) is 4.87. The number of halogens is 1. The third-order valence-electron chi connectivity index (χ3n) is 5.16. The van der Waals surface area contributed by atoms with Gasteiger partial charge in [0.1, 0.15) is 5.75 Å². The van der Waals surface area contributed by atoms with Crippen molar-refractivity contribution in [3.05, 3.63) is 62.9 Å². The van der Waals surface area contributed by atoms with Crippen LogP contribution in [0.3, 0.4) is 0 Å². The van der Waals surface area contributed by atoms with Gasteiger partial charge in [0.25, 0.3) is 5.91 Å². The largest absolute Gasteiger partial charge is 0.483 e. The van der Waals surface area contributed by atoms with E-state index in [0.717, 1.165) is 28.6 Å². The van der Waals surface area contributed by atoms with Crippen LogP contribution >= 0.6 is 27.3 Å². The predicted octanol–water partition coefficient (Wildman–Crippen LogP) is 6.03. The molecule has 1 aromatic heterocycles. The fourth-order valence-electron chi connectivity index (χ4n) is 3.54. The molecule has 0 unspecified atom stereocenters. The van der Waals surface area contributed by atoms with E-state index in [1.54, 1.807) is 0 Å². The maximum absolute atomic E-state index is 12.3. The molecule has 0 saturated carbocycles. The Kier molecular flexibility index (Phi) is 6.31. The summed E-state index contributed by atoms with van der Waals surface area (Å²) in [5.41, 5.74) is 6.11. The molecule has 3 aromatic rings. The number of carbonyl (C=O) groups excluding carboxylic acids is 1. The van der Waals surface area contributed by atoms with E-state index in [1.807, 2.05) is 23.6 Å². The van der Waals surface area contributed by atoms with Crippen LogP contribution in [0.5, 0.6) is 5.75 Å². The smallest absolute Gasteiger partial charge is 0.264 e. The van der Waals surface area contributed by atoms with Crippen molar-refractivity contribution >= 4 is 38.3 Å². The quantitative estimate of drug-likeness (QED) is 0.478. The first-order valence-electron chi connectivity index (χ1n) is 9.91. The van der Waals surface area contributed by atoms with Crippen molar-refractivity contribution in [2.45, 2.75) is 39.0 Å². The summed E-state index contributed by atoms with van der Waals surface area (Å²) < 4.78 is 6.50. The molecule has 0 atom stereocenters. The van der Waals surface area contributed by atoms with Crippen molar-refractivity contribution in [1.29, 1.82) is 0 Å². The Morgan fingerprint density at radius 1 is 1.17 bits per heavy atom. The lowest BCUT2D eigenvalue weighted by atomic mass is 9.90. The Labute approximate surface area is 183 Å². The highest BCUT2D eigenvalue weighted by Crippen LogP contribution is 2.30. The van der Waals surface area contributed by atoms with Gasteiger partial charge in [0.05, 0.1) is 10.2 Å². The molecule has 1 N–H and O–H groups in total. The molecule has 29 heavy (non-hydrogen) atoms. The Morgan fingerprint density at radius 3 is 2.79 bits per heavy atom. The number of aromatic nitrogens is 1. The van der Waals surface area contributed by atoms with E-state index in [0.29, 0.717) is 10.9 Å². The summed E-state index contributed by atoms with van der Waals surface area (Å²) in [4.78, 5) is 16.9. The third-order valence-corrected chi connectivity index (χ3v) is 6.54. The Morgan fingerprint density at radius 2 is 2.00 bits per heavy atom. The first kappa shape index (κ1) is 20.1. The van der Waals surface area contributed by atoms with E-state index in [2.05, 4.69) is 51.4 Å². The average Bonchev–Trinajstić information content (AvgIpc) is 3.20. The number of carbonyl (C=O) groups is 1. The van der Waals surface area contributed by atoms with Crippen LogP contribution in [0.1, 0.15) is 36.5 Å². The van der Waals surface area contributed by atoms with Gasteiger partial charge in [0, 0.05) is 10.9 Å².